The first-order valence-electron chi connectivity index (χ1n) is 9.16. The zero-order valence-electron chi connectivity index (χ0n) is 14.4. The molecule has 0 aliphatic carbocycles. The average Bonchev–Trinajstić information content (AvgIpc) is 3.34. The van der Waals surface area contributed by atoms with Crippen LogP contribution in [0.4, 0.5) is 5.82 Å². The molecule has 25 heavy (non-hydrogen) atoms. The van der Waals surface area contributed by atoms with Gasteiger partial charge in [0.25, 0.3) is 0 Å². The van der Waals surface area contributed by atoms with Gasteiger partial charge in [0.15, 0.2) is 0 Å². The molecule has 1 aromatic heterocycles. The van der Waals surface area contributed by atoms with E-state index < -0.39 is 0 Å². The van der Waals surface area contributed by atoms with Crippen LogP contribution in [-0.2, 0) is 9.53 Å². The number of likely N-dealkylation sites (tertiary alicyclic amines) is 1. The molecule has 2 saturated heterocycles. The average molecular weight is 340 g/mol. The van der Waals surface area contributed by atoms with Crippen molar-refractivity contribution in [3.63, 3.8) is 0 Å². The molecule has 2 fully saturated rings. The molecule has 4 rings (SSSR count). The number of aromatic nitrogens is 2. The van der Waals surface area contributed by atoms with Crippen molar-refractivity contribution in [2.75, 3.05) is 37.7 Å². The van der Waals surface area contributed by atoms with Gasteiger partial charge in [0.2, 0.25) is 5.91 Å². The zero-order valence-corrected chi connectivity index (χ0v) is 14.4. The van der Waals surface area contributed by atoms with Crippen LogP contribution < -0.4 is 4.90 Å². The van der Waals surface area contributed by atoms with Crippen molar-refractivity contribution >= 4 is 22.8 Å². The van der Waals surface area contributed by atoms with Gasteiger partial charge in [-0.3, -0.25) is 9.78 Å². The van der Waals surface area contributed by atoms with Crippen molar-refractivity contribution in [3.8, 4) is 0 Å². The van der Waals surface area contributed by atoms with E-state index in [0.717, 1.165) is 62.2 Å². The van der Waals surface area contributed by atoms with Crippen LogP contribution in [0.3, 0.4) is 0 Å². The van der Waals surface area contributed by atoms with Crippen molar-refractivity contribution in [2.45, 2.75) is 31.8 Å². The Balaban J connectivity index is 1.56. The summed E-state index contributed by atoms with van der Waals surface area (Å²) in [6.45, 7) is 3.58. The van der Waals surface area contributed by atoms with E-state index >= 15 is 0 Å². The predicted molar refractivity (Wildman–Crippen MR) is 96.5 cm³/mol. The molecule has 0 saturated carbocycles. The number of nitrogens with zero attached hydrogens (tertiary/aromatic N) is 4. The third-order valence-corrected chi connectivity index (χ3v) is 4.99. The fourth-order valence-corrected chi connectivity index (χ4v) is 3.60. The third kappa shape index (κ3) is 3.74. The van der Waals surface area contributed by atoms with Gasteiger partial charge in [-0.1, -0.05) is 12.1 Å². The molecule has 1 atom stereocenters. The minimum Gasteiger partial charge on any atom is -0.376 e. The zero-order chi connectivity index (χ0) is 17.1. The highest BCUT2D eigenvalue weighted by Crippen LogP contribution is 2.20. The second-order valence-electron chi connectivity index (χ2n) is 6.82. The lowest BCUT2D eigenvalue weighted by molar-refractivity contribution is -0.128. The molecule has 2 aliphatic heterocycles. The van der Waals surface area contributed by atoms with E-state index in [9.17, 15) is 4.79 Å². The molecule has 1 amide bonds. The fourth-order valence-electron chi connectivity index (χ4n) is 3.60. The van der Waals surface area contributed by atoms with Crippen LogP contribution >= 0.6 is 0 Å². The lowest BCUT2D eigenvalue weighted by Crippen LogP contribution is -2.42. The van der Waals surface area contributed by atoms with Crippen molar-refractivity contribution in [1.82, 2.24) is 14.9 Å². The molecule has 1 unspecified atom stereocenters. The number of para-hydroxylation sites is 2. The van der Waals surface area contributed by atoms with Gasteiger partial charge in [0.05, 0.1) is 29.9 Å². The molecule has 6 nitrogen and oxygen atoms in total. The highest BCUT2D eigenvalue weighted by molar-refractivity contribution is 5.82. The molecule has 2 aliphatic rings. The van der Waals surface area contributed by atoms with Gasteiger partial charge in [-0.25, -0.2) is 4.98 Å². The molecule has 1 aromatic carbocycles. The Labute approximate surface area is 147 Å². The van der Waals surface area contributed by atoms with E-state index in [1.165, 1.54) is 0 Å². The Kier molecular flexibility index (Phi) is 4.78. The van der Waals surface area contributed by atoms with Crippen molar-refractivity contribution in [3.05, 3.63) is 30.5 Å². The number of benzene rings is 1. The summed E-state index contributed by atoms with van der Waals surface area (Å²) in [5.41, 5.74) is 1.72. The van der Waals surface area contributed by atoms with Crippen LogP contribution in [-0.4, -0.2) is 59.7 Å². The highest BCUT2D eigenvalue weighted by atomic mass is 16.5. The largest absolute Gasteiger partial charge is 0.376 e. The van der Waals surface area contributed by atoms with Crippen molar-refractivity contribution in [1.29, 1.82) is 0 Å². The molecule has 2 aromatic rings. The summed E-state index contributed by atoms with van der Waals surface area (Å²) >= 11 is 0. The first kappa shape index (κ1) is 16.3. The molecule has 0 radical (unpaired) electrons. The van der Waals surface area contributed by atoms with E-state index in [0.29, 0.717) is 13.1 Å². The Bertz CT molecular complexity index is 739. The van der Waals surface area contributed by atoms with Gasteiger partial charge in [-0.2, -0.15) is 0 Å². The number of hydrogen-bond acceptors (Lipinski definition) is 5. The minimum atomic E-state index is 0.166. The predicted octanol–water partition coefficient (Wildman–Crippen LogP) is 2.24. The molecule has 0 spiro atoms. The highest BCUT2D eigenvalue weighted by Gasteiger charge is 2.25. The summed E-state index contributed by atoms with van der Waals surface area (Å²) in [4.78, 5) is 25.9. The van der Waals surface area contributed by atoms with Gasteiger partial charge in [0, 0.05) is 26.2 Å². The van der Waals surface area contributed by atoms with Gasteiger partial charge < -0.3 is 14.5 Å². The summed E-state index contributed by atoms with van der Waals surface area (Å²) in [7, 11) is 0. The molecule has 0 bridgehead atoms. The number of rotatable bonds is 5. The van der Waals surface area contributed by atoms with Crippen molar-refractivity contribution in [2.24, 2.45) is 0 Å². The summed E-state index contributed by atoms with van der Waals surface area (Å²) < 4.78 is 5.78. The normalized spacial score (nSPS) is 20.3. The summed E-state index contributed by atoms with van der Waals surface area (Å²) in [5, 5.41) is 0. The maximum Gasteiger partial charge on any atom is 0.242 e. The van der Waals surface area contributed by atoms with E-state index in [1.54, 1.807) is 6.20 Å². The number of carbonyl (C=O) groups excluding carboxylic acids is 1. The van der Waals surface area contributed by atoms with Gasteiger partial charge in [-0.05, 0) is 37.8 Å². The Morgan fingerprint density at radius 1 is 1.20 bits per heavy atom. The molecule has 132 valence electrons. The van der Waals surface area contributed by atoms with E-state index in [2.05, 4.69) is 4.98 Å². The standard InChI is InChI=1S/C19H24N4O2/c24-19(22-9-3-4-10-22)14-23(13-15-6-5-11-25-15)18-12-20-16-7-1-2-8-17(16)21-18/h1-2,7-8,12,15H,3-6,9-11,13-14H2. The third-order valence-electron chi connectivity index (χ3n) is 4.99. The molecular weight excluding hydrogens is 316 g/mol. The first-order valence-corrected chi connectivity index (χ1v) is 9.16. The second-order valence-corrected chi connectivity index (χ2v) is 6.82. The number of carbonyl (C=O) groups is 1. The monoisotopic (exact) mass is 340 g/mol. The lowest BCUT2D eigenvalue weighted by atomic mass is 10.2. The van der Waals surface area contributed by atoms with Crippen LogP contribution in [0.1, 0.15) is 25.7 Å². The number of hydrogen-bond donors (Lipinski definition) is 0. The van der Waals surface area contributed by atoms with Crippen LogP contribution in [0.15, 0.2) is 30.5 Å². The topological polar surface area (TPSA) is 58.6 Å². The number of ether oxygens (including phenoxy) is 1. The Morgan fingerprint density at radius 2 is 2.00 bits per heavy atom. The maximum absolute atomic E-state index is 12.7. The summed E-state index contributed by atoms with van der Waals surface area (Å²) in [5.74, 6) is 0.923. The smallest absolute Gasteiger partial charge is 0.242 e. The van der Waals surface area contributed by atoms with E-state index in [-0.39, 0.29) is 12.0 Å². The summed E-state index contributed by atoms with van der Waals surface area (Å²) in [6.07, 6.45) is 6.27. The van der Waals surface area contributed by atoms with Crippen LogP contribution in [0.2, 0.25) is 0 Å². The lowest BCUT2D eigenvalue weighted by Gasteiger charge is -2.27. The maximum atomic E-state index is 12.7. The first-order chi connectivity index (χ1) is 12.3. The minimum absolute atomic E-state index is 0.166. The fraction of sp³-hybridized carbons (Fsp3) is 0.526. The number of anilines is 1. The SMILES string of the molecule is O=C(CN(CC1CCCO1)c1cnc2ccccc2n1)N1CCCC1. The molecular formula is C19H24N4O2. The van der Waals surface area contributed by atoms with E-state index in [4.69, 9.17) is 9.72 Å². The van der Waals surface area contributed by atoms with Gasteiger partial charge in [-0.15, -0.1) is 0 Å². The molecule has 3 heterocycles. The molecule has 0 N–H and O–H groups in total. The molecule has 6 heteroatoms. The van der Waals surface area contributed by atoms with Crippen LogP contribution in [0.5, 0.6) is 0 Å². The number of fused-ring (bicyclic) bond motifs is 1. The number of amides is 1. The van der Waals surface area contributed by atoms with Crippen molar-refractivity contribution < 1.29 is 9.53 Å². The van der Waals surface area contributed by atoms with Crippen LogP contribution in [0, 0.1) is 0 Å². The van der Waals surface area contributed by atoms with Gasteiger partial charge in [0.1, 0.15) is 5.82 Å². The Hall–Kier alpha value is -2.21. The van der Waals surface area contributed by atoms with Crippen LogP contribution in [0.25, 0.3) is 11.0 Å². The quantitative estimate of drug-likeness (QED) is 0.835. The summed E-state index contributed by atoms with van der Waals surface area (Å²) in [6, 6.07) is 7.82. The Morgan fingerprint density at radius 3 is 2.76 bits per heavy atom. The second kappa shape index (κ2) is 7.35. The van der Waals surface area contributed by atoms with E-state index in [1.807, 2.05) is 34.1 Å². The van der Waals surface area contributed by atoms with Gasteiger partial charge >= 0.3 is 0 Å².